The summed E-state index contributed by atoms with van der Waals surface area (Å²) in [6.07, 6.45) is 1.82. The summed E-state index contributed by atoms with van der Waals surface area (Å²) < 4.78 is 0. The number of hydrogen-bond acceptors (Lipinski definition) is 2. The zero-order valence-corrected chi connectivity index (χ0v) is 11.8. The van der Waals surface area contributed by atoms with Gasteiger partial charge in [-0.25, -0.2) is 0 Å². The lowest BCUT2D eigenvalue weighted by Crippen LogP contribution is -2.30. The molecule has 1 atom stereocenters. The van der Waals surface area contributed by atoms with Gasteiger partial charge in [0.2, 0.25) is 5.91 Å². The first-order chi connectivity index (χ1) is 8.91. The van der Waals surface area contributed by atoms with Gasteiger partial charge in [0.1, 0.15) is 0 Å². The van der Waals surface area contributed by atoms with Crippen LogP contribution in [0.25, 0.3) is 0 Å². The smallest absolute Gasteiger partial charge is 0.227 e. The first-order valence-corrected chi connectivity index (χ1v) is 6.73. The fourth-order valence-corrected chi connectivity index (χ4v) is 2.42. The molecule has 1 N–H and O–H groups in total. The van der Waals surface area contributed by atoms with Gasteiger partial charge in [0.25, 0.3) is 0 Å². The van der Waals surface area contributed by atoms with Crippen LogP contribution in [0.2, 0.25) is 0 Å². The lowest BCUT2D eigenvalue weighted by atomic mass is 9.83. The Labute approximate surface area is 114 Å². The fourth-order valence-electron chi connectivity index (χ4n) is 2.42. The van der Waals surface area contributed by atoms with E-state index >= 15 is 0 Å². The highest BCUT2D eigenvalue weighted by Crippen LogP contribution is 2.32. The van der Waals surface area contributed by atoms with E-state index in [4.69, 9.17) is 5.26 Å². The van der Waals surface area contributed by atoms with Crippen LogP contribution in [0.3, 0.4) is 0 Å². The molecule has 19 heavy (non-hydrogen) atoms. The van der Waals surface area contributed by atoms with Gasteiger partial charge in [0.15, 0.2) is 0 Å². The fraction of sp³-hybridized carbons (Fsp3) is 0.500. The molecule has 0 radical (unpaired) electrons. The summed E-state index contributed by atoms with van der Waals surface area (Å²) in [6, 6.07) is 8.38. The molecule has 0 spiro atoms. The van der Waals surface area contributed by atoms with Crippen LogP contribution in [-0.4, -0.2) is 5.91 Å². The number of carbonyl (C=O) groups is 1. The largest absolute Gasteiger partial charge is 0.326 e. The summed E-state index contributed by atoms with van der Waals surface area (Å²) in [6.45, 7) is 6.55. The van der Waals surface area contributed by atoms with Crippen molar-refractivity contribution in [1.29, 1.82) is 5.26 Å². The second kappa shape index (κ2) is 5.05. The monoisotopic (exact) mass is 256 g/mol. The lowest BCUT2D eigenvalue weighted by Gasteiger charge is -2.27. The Hall–Kier alpha value is -1.82. The van der Waals surface area contributed by atoms with E-state index in [2.05, 4.69) is 44.3 Å². The normalized spacial score (nSPS) is 18.4. The number of hydrogen-bond donors (Lipinski definition) is 1. The van der Waals surface area contributed by atoms with E-state index in [0.29, 0.717) is 12.8 Å². The highest BCUT2D eigenvalue weighted by atomic mass is 16.1. The van der Waals surface area contributed by atoms with Gasteiger partial charge in [0, 0.05) is 18.0 Å². The number of fused-ring (bicyclic) bond motifs is 1. The molecule has 1 amide bonds. The summed E-state index contributed by atoms with van der Waals surface area (Å²) >= 11 is 0. The molecule has 1 aromatic carbocycles. The van der Waals surface area contributed by atoms with Crippen molar-refractivity contribution < 1.29 is 4.79 Å². The van der Waals surface area contributed by atoms with Crippen LogP contribution in [-0.2, 0) is 16.6 Å². The van der Waals surface area contributed by atoms with Gasteiger partial charge in [-0.2, -0.15) is 5.26 Å². The zero-order valence-electron chi connectivity index (χ0n) is 11.8. The van der Waals surface area contributed by atoms with Crippen LogP contribution in [0, 0.1) is 17.2 Å². The van der Waals surface area contributed by atoms with Crippen molar-refractivity contribution in [1.82, 2.24) is 0 Å². The van der Waals surface area contributed by atoms with E-state index in [9.17, 15) is 4.79 Å². The predicted octanol–water partition coefficient (Wildman–Crippen LogP) is 3.40. The third kappa shape index (κ3) is 2.96. The molecule has 1 aliphatic rings. The van der Waals surface area contributed by atoms with Crippen LogP contribution >= 0.6 is 0 Å². The van der Waals surface area contributed by atoms with Crippen molar-refractivity contribution >= 4 is 11.6 Å². The topological polar surface area (TPSA) is 52.9 Å². The van der Waals surface area contributed by atoms with E-state index in [-0.39, 0.29) is 17.2 Å². The SMILES string of the molecule is CC(C)(C)c1ccc2c(c1)CC(CCC#N)C(=O)N2. The van der Waals surface area contributed by atoms with E-state index < -0.39 is 0 Å². The Balaban J connectivity index is 2.26. The second-order valence-corrected chi connectivity index (χ2v) is 6.21. The Morgan fingerprint density at radius 1 is 1.42 bits per heavy atom. The third-order valence-corrected chi connectivity index (χ3v) is 3.67. The van der Waals surface area contributed by atoms with Gasteiger partial charge in [-0.3, -0.25) is 4.79 Å². The van der Waals surface area contributed by atoms with E-state index in [1.165, 1.54) is 11.1 Å². The van der Waals surface area contributed by atoms with Gasteiger partial charge in [-0.15, -0.1) is 0 Å². The molecule has 3 heteroatoms. The van der Waals surface area contributed by atoms with Crippen LogP contribution in [0.1, 0.15) is 44.7 Å². The number of anilines is 1. The number of amides is 1. The van der Waals surface area contributed by atoms with Gasteiger partial charge < -0.3 is 5.32 Å². The first kappa shape index (κ1) is 13.6. The molecule has 0 aromatic heterocycles. The highest BCUT2D eigenvalue weighted by molar-refractivity contribution is 5.95. The van der Waals surface area contributed by atoms with Crippen LogP contribution in [0.4, 0.5) is 5.69 Å². The van der Waals surface area contributed by atoms with E-state index in [1.807, 2.05) is 6.07 Å². The number of nitrogens with zero attached hydrogens (tertiary/aromatic N) is 1. The zero-order chi connectivity index (χ0) is 14.0. The molecule has 3 nitrogen and oxygen atoms in total. The minimum Gasteiger partial charge on any atom is -0.326 e. The Kier molecular flexibility index (Phi) is 3.61. The molecule has 1 heterocycles. The Bertz CT molecular complexity index is 535. The van der Waals surface area contributed by atoms with Crippen LogP contribution in [0.5, 0.6) is 0 Å². The summed E-state index contributed by atoms with van der Waals surface area (Å²) in [7, 11) is 0. The summed E-state index contributed by atoms with van der Waals surface area (Å²) in [4.78, 5) is 11.9. The van der Waals surface area contributed by atoms with Crippen LogP contribution in [0.15, 0.2) is 18.2 Å². The van der Waals surface area contributed by atoms with Crippen molar-refractivity contribution in [3.8, 4) is 6.07 Å². The minimum atomic E-state index is -0.0673. The third-order valence-electron chi connectivity index (χ3n) is 3.67. The average Bonchev–Trinajstić information content (AvgIpc) is 2.34. The van der Waals surface area contributed by atoms with E-state index in [0.717, 1.165) is 12.1 Å². The van der Waals surface area contributed by atoms with Gasteiger partial charge in [-0.05, 0) is 35.4 Å². The van der Waals surface area contributed by atoms with E-state index in [1.54, 1.807) is 0 Å². The number of carbonyl (C=O) groups excluding carboxylic acids is 1. The maximum absolute atomic E-state index is 11.9. The summed E-state index contributed by atoms with van der Waals surface area (Å²) in [5.41, 5.74) is 3.50. The molecule has 1 unspecified atom stereocenters. The molecular weight excluding hydrogens is 236 g/mol. The van der Waals surface area contributed by atoms with Crippen molar-refractivity contribution in [2.24, 2.45) is 5.92 Å². The van der Waals surface area contributed by atoms with Crippen molar-refractivity contribution in [2.75, 3.05) is 5.32 Å². The number of nitriles is 1. The number of rotatable bonds is 2. The minimum absolute atomic E-state index is 0.0475. The van der Waals surface area contributed by atoms with Gasteiger partial charge in [0.05, 0.1) is 6.07 Å². The Morgan fingerprint density at radius 2 is 2.16 bits per heavy atom. The molecule has 100 valence electrons. The van der Waals surface area contributed by atoms with Gasteiger partial charge in [-0.1, -0.05) is 32.9 Å². The predicted molar refractivity (Wildman–Crippen MR) is 75.8 cm³/mol. The molecule has 1 aliphatic heterocycles. The molecular formula is C16H20N2O. The second-order valence-electron chi connectivity index (χ2n) is 6.21. The first-order valence-electron chi connectivity index (χ1n) is 6.73. The number of benzene rings is 1. The van der Waals surface area contributed by atoms with Crippen molar-refractivity contribution in [3.63, 3.8) is 0 Å². The van der Waals surface area contributed by atoms with Gasteiger partial charge >= 0.3 is 0 Å². The Morgan fingerprint density at radius 3 is 2.79 bits per heavy atom. The molecule has 2 rings (SSSR count). The maximum Gasteiger partial charge on any atom is 0.227 e. The maximum atomic E-state index is 11.9. The standard InChI is InChI=1S/C16H20N2O/c1-16(2,3)13-6-7-14-12(10-13)9-11(5-4-8-17)15(19)18-14/h6-7,10-11H,4-5,9H2,1-3H3,(H,18,19). The molecule has 0 fully saturated rings. The quantitative estimate of drug-likeness (QED) is 0.881. The lowest BCUT2D eigenvalue weighted by molar-refractivity contribution is -0.120. The molecule has 1 aromatic rings. The van der Waals surface area contributed by atoms with Crippen molar-refractivity contribution in [3.05, 3.63) is 29.3 Å². The molecule has 0 saturated carbocycles. The summed E-state index contributed by atoms with van der Waals surface area (Å²) in [5, 5.41) is 11.6. The average molecular weight is 256 g/mol. The van der Waals surface area contributed by atoms with Crippen molar-refractivity contribution in [2.45, 2.75) is 45.4 Å². The molecule has 0 saturated heterocycles. The molecule has 0 bridgehead atoms. The highest BCUT2D eigenvalue weighted by Gasteiger charge is 2.26. The summed E-state index contributed by atoms with van der Waals surface area (Å²) in [5.74, 6) is -0.0198. The van der Waals surface area contributed by atoms with Crippen LogP contribution < -0.4 is 5.32 Å². The number of nitrogens with one attached hydrogen (secondary N) is 1. The molecule has 0 aliphatic carbocycles.